The highest BCUT2D eigenvalue weighted by atomic mass is 35.5. The summed E-state index contributed by atoms with van der Waals surface area (Å²) in [7, 11) is 0. The average Bonchev–Trinajstić information content (AvgIpc) is 2.43. The summed E-state index contributed by atoms with van der Waals surface area (Å²) in [6.07, 6.45) is 0.161. The predicted octanol–water partition coefficient (Wildman–Crippen LogP) is 4.33. The first kappa shape index (κ1) is 14.5. The lowest BCUT2D eigenvalue weighted by Gasteiger charge is -2.03. The molecular weight excluding hydrogens is 301 g/mol. The second kappa shape index (κ2) is 6.03. The van der Waals surface area contributed by atoms with Crippen LogP contribution in [0.2, 0.25) is 10.0 Å². The van der Waals surface area contributed by atoms with Gasteiger partial charge in [-0.25, -0.2) is 0 Å². The molecule has 0 bridgehead atoms. The van der Waals surface area contributed by atoms with E-state index in [-0.39, 0.29) is 17.9 Å². The van der Waals surface area contributed by atoms with Crippen molar-refractivity contribution in [3.05, 3.63) is 73.8 Å². The smallest absolute Gasteiger partial charge is 0.269 e. The molecule has 2 rings (SSSR count). The van der Waals surface area contributed by atoms with Gasteiger partial charge in [0.25, 0.3) is 5.69 Å². The lowest BCUT2D eigenvalue weighted by molar-refractivity contribution is -0.384. The van der Waals surface area contributed by atoms with Gasteiger partial charge in [0.15, 0.2) is 5.78 Å². The number of nitro benzene ring substituents is 1. The van der Waals surface area contributed by atoms with Gasteiger partial charge in [-0.2, -0.15) is 0 Å². The summed E-state index contributed by atoms with van der Waals surface area (Å²) in [6.45, 7) is 0. The minimum Gasteiger partial charge on any atom is -0.294 e. The van der Waals surface area contributed by atoms with E-state index >= 15 is 0 Å². The molecule has 0 aliphatic rings. The summed E-state index contributed by atoms with van der Waals surface area (Å²) in [6, 6.07) is 10.5. The maximum absolute atomic E-state index is 12.0. The monoisotopic (exact) mass is 309 g/mol. The van der Waals surface area contributed by atoms with Crippen LogP contribution in [0.3, 0.4) is 0 Å². The molecule has 0 spiro atoms. The number of nitro groups is 1. The van der Waals surface area contributed by atoms with E-state index < -0.39 is 4.92 Å². The summed E-state index contributed by atoms with van der Waals surface area (Å²) in [4.78, 5) is 22.1. The van der Waals surface area contributed by atoms with Gasteiger partial charge in [0.2, 0.25) is 0 Å². The molecular formula is C14H9Cl2NO3. The lowest BCUT2D eigenvalue weighted by atomic mass is 10.0. The topological polar surface area (TPSA) is 60.2 Å². The number of Topliss-reactive ketones (excluding diaryl/α,β-unsaturated/α-hetero) is 1. The minimum absolute atomic E-state index is 0.0453. The van der Waals surface area contributed by atoms with Crippen molar-refractivity contribution in [2.75, 3.05) is 0 Å². The number of rotatable bonds is 4. The molecule has 0 saturated heterocycles. The molecule has 0 aliphatic carbocycles. The fourth-order valence-corrected chi connectivity index (χ4v) is 2.03. The molecule has 2 aromatic rings. The Morgan fingerprint density at radius 2 is 1.70 bits per heavy atom. The largest absolute Gasteiger partial charge is 0.294 e. The Labute approximate surface area is 125 Å². The molecule has 2 aromatic carbocycles. The number of hydrogen-bond donors (Lipinski definition) is 0. The van der Waals surface area contributed by atoms with Gasteiger partial charge in [0.1, 0.15) is 0 Å². The normalized spacial score (nSPS) is 10.3. The summed E-state index contributed by atoms with van der Waals surface area (Å²) >= 11 is 11.7. The van der Waals surface area contributed by atoms with Crippen LogP contribution in [0.15, 0.2) is 42.5 Å². The third-order valence-electron chi connectivity index (χ3n) is 2.75. The number of halogens is 2. The van der Waals surface area contributed by atoms with E-state index in [0.29, 0.717) is 15.6 Å². The van der Waals surface area contributed by atoms with Crippen LogP contribution in [0.4, 0.5) is 5.69 Å². The lowest BCUT2D eigenvalue weighted by Crippen LogP contribution is -2.03. The fourth-order valence-electron chi connectivity index (χ4n) is 1.71. The van der Waals surface area contributed by atoms with Gasteiger partial charge < -0.3 is 0 Å². The standard InChI is InChI=1S/C14H9Cl2NO3/c15-12-6-1-9(7-13(12)16)8-14(18)10-2-4-11(5-3-10)17(19)20/h1-7H,8H2. The van der Waals surface area contributed by atoms with Gasteiger partial charge in [-0.3, -0.25) is 14.9 Å². The van der Waals surface area contributed by atoms with E-state index in [0.717, 1.165) is 5.56 Å². The fraction of sp³-hybridized carbons (Fsp3) is 0.0714. The SMILES string of the molecule is O=C(Cc1ccc(Cl)c(Cl)c1)c1ccc([N+](=O)[O-])cc1. The van der Waals surface area contributed by atoms with Crippen LogP contribution in [-0.2, 0) is 6.42 Å². The quantitative estimate of drug-likeness (QED) is 0.480. The molecule has 0 amide bonds. The Morgan fingerprint density at radius 1 is 1.05 bits per heavy atom. The van der Waals surface area contributed by atoms with Gasteiger partial charge in [-0.1, -0.05) is 29.3 Å². The molecule has 0 N–H and O–H groups in total. The molecule has 0 fully saturated rings. The van der Waals surface area contributed by atoms with E-state index in [9.17, 15) is 14.9 Å². The van der Waals surface area contributed by atoms with Crippen molar-refractivity contribution in [1.29, 1.82) is 0 Å². The van der Waals surface area contributed by atoms with Crippen LogP contribution in [0.25, 0.3) is 0 Å². The summed E-state index contributed by atoms with van der Waals surface area (Å²) < 4.78 is 0. The van der Waals surface area contributed by atoms with E-state index in [2.05, 4.69) is 0 Å². The number of hydrogen-bond acceptors (Lipinski definition) is 3. The van der Waals surface area contributed by atoms with E-state index in [4.69, 9.17) is 23.2 Å². The van der Waals surface area contributed by atoms with Gasteiger partial charge >= 0.3 is 0 Å². The Balaban J connectivity index is 2.15. The number of ketones is 1. The Morgan fingerprint density at radius 3 is 2.25 bits per heavy atom. The zero-order valence-corrected chi connectivity index (χ0v) is 11.7. The number of benzene rings is 2. The number of non-ortho nitro benzene ring substituents is 1. The van der Waals surface area contributed by atoms with Gasteiger partial charge in [0, 0.05) is 24.1 Å². The predicted molar refractivity (Wildman–Crippen MR) is 77.6 cm³/mol. The first-order valence-corrected chi connectivity index (χ1v) is 6.44. The van der Waals surface area contributed by atoms with Crippen LogP contribution in [0.5, 0.6) is 0 Å². The van der Waals surface area contributed by atoms with Crippen LogP contribution in [0.1, 0.15) is 15.9 Å². The molecule has 0 saturated carbocycles. The van der Waals surface area contributed by atoms with E-state index in [1.165, 1.54) is 24.3 Å². The molecule has 0 unspecified atom stereocenters. The average molecular weight is 310 g/mol. The third-order valence-corrected chi connectivity index (χ3v) is 3.49. The van der Waals surface area contributed by atoms with Crippen molar-refractivity contribution >= 4 is 34.7 Å². The van der Waals surface area contributed by atoms with Gasteiger partial charge in [-0.15, -0.1) is 0 Å². The van der Waals surface area contributed by atoms with Crippen molar-refractivity contribution in [2.24, 2.45) is 0 Å². The highest BCUT2D eigenvalue weighted by Crippen LogP contribution is 2.23. The first-order chi connectivity index (χ1) is 9.47. The zero-order chi connectivity index (χ0) is 14.7. The molecule has 102 valence electrons. The molecule has 6 heteroatoms. The van der Waals surface area contributed by atoms with Crippen molar-refractivity contribution in [3.63, 3.8) is 0 Å². The second-order valence-corrected chi connectivity index (χ2v) is 4.97. The molecule has 0 atom stereocenters. The van der Waals surface area contributed by atoms with Crippen LogP contribution in [-0.4, -0.2) is 10.7 Å². The third kappa shape index (κ3) is 3.35. The molecule has 0 radical (unpaired) electrons. The molecule has 4 nitrogen and oxygen atoms in total. The number of carbonyl (C=O) groups is 1. The van der Waals surface area contributed by atoms with Crippen LogP contribution >= 0.6 is 23.2 Å². The number of nitrogens with zero attached hydrogens (tertiary/aromatic N) is 1. The van der Waals surface area contributed by atoms with Crippen LogP contribution in [0, 0.1) is 10.1 Å². The maximum Gasteiger partial charge on any atom is 0.269 e. The Bertz CT molecular complexity index is 669. The second-order valence-electron chi connectivity index (χ2n) is 4.15. The molecule has 0 aromatic heterocycles. The van der Waals surface area contributed by atoms with Crippen molar-refractivity contribution in [3.8, 4) is 0 Å². The molecule has 0 heterocycles. The highest BCUT2D eigenvalue weighted by molar-refractivity contribution is 6.42. The van der Waals surface area contributed by atoms with E-state index in [1.807, 2.05) is 0 Å². The van der Waals surface area contributed by atoms with Crippen molar-refractivity contribution in [2.45, 2.75) is 6.42 Å². The van der Waals surface area contributed by atoms with E-state index in [1.54, 1.807) is 18.2 Å². The number of carbonyl (C=O) groups excluding carboxylic acids is 1. The summed E-state index contributed by atoms with van der Waals surface area (Å²) in [5.41, 5.74) is 1.11. The zero-order valence-electron chi connectivity index (χ0n) is 10.2. The molecule has 0 aliphatic heterocycles. The summed E-state index contributed by atoms with van der Waals surface area (Å²) in [5, 5.41) is 11.4. The van der Waals surface area contributed by atoms with Gasteiger partial charge in [-0.05, 0) is 29.8 Å². The van der Waals surface area contributed by atoms with Crippen molar-refractivity contribution < 1.29 is 9.72 Å². The van der Waals surface area contributed by atoms with Crippen LogP contribution < -0.4 is 0 Å². The molecule has 20 heavy (non-hydrogen) atoms. The summed E-state index contributed by atoms with van der Waals surface area (Å²) in [5.74, 6) is -0.140. The van der Waals surface area contributed by atoms with Crippen molar-refractivity contribution in [1.82, 2.24) is 0 Å². The first-order valence-electron chi connectivity index (χ1n) is 5.69. The highest BCUT2D eigenvalue weighted by Gasteiger charge is 2.11. The Hall–Kier alpha value is -1.91. The Kier molecular flexibility index (Phi) is 4.37. The minimum atomic E-state index is -0.507. The maximum atomic E-state index is 12.0. The van der Waals surface area contributed by atoms with Gasteiger partial charge in [0.05, 0.1) is 15.0 Å².